The van der Waals surface area contributed by atoms with E-state index < -0.39 is 0 Å². The summed E-state index contributed by atoms with van der Waals surface area (Å²) in [6.45, 7) is 0. The molecule has 1 atom stereocenters. The number of para-hydroxylation sites is 1. The number of hydrogen-bond donors (Lipinski definition) is 0. The standard InChI is InChI=1S/C43H28N2O2/c44-25-26-14-17-30(39(20-26)45-37-12-6-4-10-31(37)32-11-5-7-13-38(32)45)29-16-19-41-34(22-29)36-23-35-33-21-28(27-8-2-1-3-9-27)15-18-40(33)46-42(35)24-43(36)47-41/h1-4,6-10,12-13,15-24,26H,5,11,14H2. The van der Waals surface area contributed by atoms with Crippen LogP contribution in [-0.4, -0.2) is 4.57 Å². The lowest BCUT2D eigenvalue weighted by atomic mass is 9.90. The third-order valence-electron chi connectivity index (χ3n) is 9.95. The van der Waals surface area contributed by atoms with E-state index in [0.717, 1.165) is 79.1 Å². The number of rotatable bonds is 3. The molecule has 0 fully saturated rings. The molecule has 0 spiro atoms. The topological polar surface area (TPSA) is 55.0 Å². The third kappa shape index (κ3) is 3.93. The fourth-order valence-corrected chi connectivity index (χ4v) is 7.72. The van der Waals surface area contributed by atoms with Crippen LogP contribution in [0.25, 0.3) is 83.3 Å². The van der Waals surface area contributed by atoms with Crippen molar-refractivity contribution in [3.05, 3.63) is 138 Å². The van der Waals surface area contributed by atoms with Gasteiger partial charge in [-0.05, 0) is 90.1 Å². The quantitative estimate of drug-likeness (QED) is 0.202. The van der Waals surface area contributed by atoms with Crippen molar-refractivity contribution in [3.8, 4) is 17.2 Å². The zero-order chi connectivity index (χ0) is 31.1. The van der Waals surface area contributed by atoms with Crippen LogP contribution < -0.4 is 0 Å². The molecule has 4 nitrogen and oxygen atoms in total. The van der Waals surface area contributed by atoms with Crippen LogP contribution >= 0.6 is 0 Å². The number of allylic oxidation sites excluding steroid dienone is 5. The number of hydrogen-bond acceptors (Lipinski definition) is 3. The van der Waals surface area contributed by atoms with Gasteiger partial charge in [0, 0.05) is 44.3 Å². The monoisotopic (exact) mass is 604 g/mol. The van der Waals surface area contributed by atoms with E-state index in [4.69, 9.17) is 8.83 Å². The smallest absolute Gasteiger partial charge is 0.139 e. The normalized spacial score (nSPS) is 16.2. The first-order valence-electron chi connectivity index (χ1n) is 16.2. The molecule has 0 saturated carbocycles. The van der Waals surface area contributed by atoms with Crippen LogP contribution in [-0.2, 0) is 6.42 Å². The molecule has 10 rings (SSSR count). The average Bonchev–Trinajstić information content (AvgIpc) is 3.79. The maximum atomic E-state index is 10.0. The molecule has 0 N–H and O–H groups in total. The number of furan rings is 2. The SMILES string of the molecule is N#CC1C=C(n2c3c(c4ccccc42)CCC=C3)C(c2ccc3oc4cc5oc6ccc(-c7ccccc7)cc6c5cc4c3c2)=CC1. The van der Waals surface area contributed by atoms with E-state index in [0.29, 0.717) is 6.42 Å². The predicted molar refractivity (Wildman–Crippen MR) is 192 cm³/mol. The molecular formula is C43H28N2O2. The van der Waals surface area contributed by atoms with Gasteiger partial charge in [0.25, 0.3) is 0 Å². The van der Waals surface area contributed by atoms with Gasteiger partial charge in [-0.25, -0.2) is 0 Å². The molecule has 4 heteroatoms. The molecule has 3 heterocycles. The Morgan fingerprint density at radius 3 is 2.15 bits per heavy atom. The number of nitrogens with zero attached hydrogens (tertiary/aromatic N) is 2. The Bertz CT molecular complexity index is 2720. The summed E-state index contributed by atoms with van der Waals surface area (Å²) in [5.74, 6) is -0.181. The molecule has 0 bridgehead atoms. The molecular weight excluding hydrogens is 576 g/mol. The number of aromatic nitrogens is 1. The molecule has 222 valence electrons. The molecule has 0 aliphatic heterocycles. The molecule has 47 heavy (non-hydrogen) atoms. The van der Waals surface area contributed by atoms with Crippen LogP contribution in [0.5, 0.6) is 0 Å². The highest BCUT2D eigenvalue weighted by atomic mass is 16.3. The molecule has 2 aliphatic rings. The van der Waals surface area contributed by atoms with Crippen molar-refractivity contribution in [2.45, 2.75) is 19.3 Å². The average molecular weight is 605 g/mol. The Morgan fingerprint density at radius 1 is 0.660 bits per heavy atom. The summed E-state index contributed by atoms with van der Waals surface area (Å²) in [6.07, 6.45) is 11.7. The summed E-state index contributed by atoms with van der Waals surface area (Å²) < 4.78 is 15.1. The van der Waals surface area contributed by atoms with Crippen molar-refractivity contribution in [1.29, 1.82) is 5.26 Å². The van der Waals surface area contributed by atoms with E-state index in [1.54, 1.807) is 0 Å². The van der Waals surface area contributed by atoms with Crippen LogP contribution in [0.3, 0.4) is 0 Å². The highest BCUT2D eigenvalue weighted by molar-refractivity contribution is 6.16. The summed E-state index contributed by atoms with van der Waals surface area (Å²) in [5, 5.41) is 15.6. The van der Waals surface area contributed by atoms with Crippen molar-refractivity contribution in [2.75, 3.05) is 0 Å². The first-order chi connectivity index (χ1) is 23.2. The van der Waals surface area contributed by atoms with Crippen LogP contribution in [0.1, 0.15) is 29.7 Å². The Hall–Kier alpha value is -6.05. The van der Waals surface area contributed by atoms with Crippen molar-refractivity contribution in [2.24, 2.45) is 5.92 Å². The van der Waals surface area contributed by atoms with Gasteiger partial charge in [0.05, 0.1) is 23.2 Å². The zero-order valence-electron chi connectivity index (χ0n) is 25.5. The maximum absolute atomic E-state index is 10.0. The van der Waals surface area contributed by atoms with Gasteiger partial charge in [0.1, 0.15) is 22.3 Å². The predicted octanol–water partition coefficient (Wildman–Crippen LogP) is 11.5. The molecule has 5 aromatic carbocycles. The highest BCUT2D eigenvalue weighted by Crippen LogP contribution is 2.43. The fraction of sp³-hybridized carbons (Fsp3) is 0.0930. The second-order valence-corrected chi connectivity index (χ2v) is 12.6. The van der Waals surface area contributed by atoms with Gasteiger partial charge in [-0.1, -0.05) is 72.8 Å². The molecule has 3 aromatic heterocycles. The van der Waals surface area contributed by atoms with E-state index in [1.165, 1.54) is 27.7 Å². The van der Waals surface area contributed by atoms with Crippen LogP contribution in [0.15, 0.2) is 130 Å². The first-order valence-corrected chi connectivity index (χ1v) is 16.2. The van der Waals surface area contributed by atoms with Gasteiger partial charge < -0.3 is 13.4 Å². The summed E-state index contributed by atoms with van der Waals surface area (Å²) in [6, 6.07) is 38.8. The highest BCUT2D eigenvalue weighted by Gasteiger charge is 2.25. The van der Waals surface area contributed by atoms with E-state index >= 15 is 0 Å². The molecule has 2 aliphatic carbocycles. The van der Waals surface area contributed by atoms with Crippen molar-refractivity contribution in [3.63, 3.8) is 0 Å². The fourth-order valence-electron chi connectivity index (χ4n) is 7.72. The largest absolute Gasteiger partial charge is 0.456 e. The zero-order valence-corrected chi connectivity index (χ0v) is 25.5. The third-order valence-corrected chi connectivity index (χ3v) is 9.95. The van der Waals surface area contributed by atoms with E-state index in [1.807, 2.05) is 12.1 Å². The lowest BCUT2D eigenvalue weighted by Gasteiger charge is -2.23. The summed E-state index contributed by atoms with van der Waals surface area (Å²) >= 11 is 0. The van der Waals surface area contributed by atoms with Gasteiger partial charge in [0.2, 0.25) is 0 Å². The van der Waals surface area contributed by atoms with Crippen molar-refractivity contribution < 1.29 is 8.83 Å². The van der Waals surface area contributed by atoms with Gasteiger partial charge >= 0.3 is 0 Å². The van der Waals surface area contributed by atoms with Crippen LogP contribution in [0, 0.1) is 17.2 Å². The first kappa shape index (κ1) is 26.2. The lowest BCUT2D eigenvalue weighted by molar-refractivity contribution is 0.656. The Morgan fingerprint density at radius 2 is 1.36 bits per heavy atom. The summed E-state index contributed by atoms with van der Waals surface area (Å²) in [5.41, 5.74) is 12.8. The van der Waals surface area contributed by atoms with Gasteiger partial charge in [0.15, 0.2) is 0 Å². The number of nitriles is 1. The van der Waals surface area contributed by atoms with Gasteiger partial charge in [-0.3, -0.25) is 0 Å². The number of benzene rings is 5. The molecule has 0 amide bonds. The van der Waals surface area contributed by atoms with Crippen molar-refractivity contribution in [1.82, 2.24) is 4.57 Å². The Labute approximate surface area is 270 Å². The minimum atomic E-state index is -0.181. The molecule has 8 aromatic rings. The van der Waals surface area contributed by atoms with Gasteiger partial charge in [-0.15, -0.1) is 0 Å². The summed E-state index contributed by atoms with van der Waals surface area (Å²) in [4.78, 5) is 0. The van der Waals surface area contributed by atoms with Gasteiger partial charge in [-0.2, -0.15) is 5.26 Å². The Kier molecular flexibility index (Phi) is 5.56. The minimum Gasteiger partial charge on any atom is -0.456 e. The van der Waals surface area contributed by atoms with E-state index in [2.05, 4.69) is 126 Å². The molecule has 0 radical (unpaired) electrons. The minimum absolute atomic E-state index is 0.181. The second kappa shape index (κ2) is 9.97. The van der Waals surface area contributed by atoms with E-state index in [9.17, 15) is 5.26 Å². The molecule has 1 unspecified atom stereocenters. The van der Waals surface area contributed by atoms with Crippen molar-refractivity contribution >= 4 is 72.1 Å². The summed E-state index contributed by atoms with van der Waals surface area (Å²) in [7, 11) is 0. The van der Waals surface area contributed by atoms with E-state index in [-0.39, 0.29) is 5.92 Å². The Balaban J connectivity index is 1.16. The second-order valence-electron chi connectivity index (χ2n) is 12.6. The molecule has 0 saturated heterocycles. The van der Waals surface area contributed by atoms with Crippen LogP contribution in [0.2, 0.25) is 0 Å². The lowest BCUT2D eigenvalue weighted by Crippen LogP contribution is -2.10. The number of aryl methyl sites for hydroxylation is 1. The number of fused-ring (bicyclic) bond motifs is 9. The maximum Gasteiger partial charge on any atom is 0.139 e. The van der Waals surface area contributed by atoms with Crippen LogP contribution in [0.4, 0.5) is 0 Å².